The van der Waals surface area contributed by atoms with Crippen molar-refractivity contribution in [2.45, 2.75) is 24.4 Å². The van der Waals surface area contributed by atoms with Gasteiger partial charge in [0.15, 0.2) is 5.60 Å². The fourth-order valence-electron chi connectivity index (χ4n) is 4.97. The first kappa shape index (κ1) is 20.0. The molecule has 0 aromatic heterocycles. The third kappa shape index (κ3) is 3.07. The van der Waals surface area contributed by atoms with E-state index >= 15 is 0 Å². The van der Waals surface area contributed by atoms with Crippen molar-refractivity contribution in [2.24, 2.45) is 0 Å². The number of benzene rings is 4. The molecule has 1 aliphatic heterocycles. The highest BCUT2D eigenvalue weighted by Gasteiger charge is 2.51. The number of hydrogen-bond acceptors (Lipinski definition) is 4. The van der Waals surface area contributed by atoms with Gasteiger partial charge < -0.3 is 20.1 Å². The summed E-state index contributed by atoms with van der Waals surface area (Å²) in [5.74, 6) is 0.596. The third-order valence-corrected chi connectivity index (χ3v) is 6.51. The van der Waals surface area contributed by atoms with Gasteiger partial charge in [-0.1, -0.05) is 73.7 Å². The number of phenolic OH excluding ortho intramolecular Hbond substituents is 3. The minimum absolute atomic E-state index is 0.0193. The zero-order chi connectivity index (χ0) is 22.3. The molecule has 0 aliphatic carbocycles. The molecule has 5 rings (SSSR count). The lowest BCUT2D eigenvalue weighted by molar-refractivity contribution is 0.0554. The molecule has 1 aliphatic rings. The Morgan fingerprint density at radius 3 is 1.84 bits per heavy atom. The predicted molar refractivity (Wildman–Crippen MR) is 123 cm³/mol. The van der Waals surface area contributed by atoms with Crippen LogP contribution in [0.3, 0.4) is 0 Å². The Kier molecular flexibility index (Phi) is 4.59. The number of fused-ring (bicyclic) bond motifs is 1. The largest absolute Gasteiger partial charge is 0.508 e. The molecule has 0 radical (unpaired) electrons. The first-order chi connectivity index (χ1) is 15.4. The SMILES string of the molecule is CC1(c2ccccc2)CC(c2ccccc2)(c2ccc(O)cc2O)Oc2cc(O)ccc21. The van der Waals surface area contributed by atoms with Gasteiger partial charge in [0.25, 0.3) is 0 Å². The predicted octanol–water partition coefficient (Wildman–Crippen LogP) is 5.84. The minimum atomic E-state index is -1.05. The van der Waals surface area contributed by atoms with E-state index < -0.39 is 11.0 Å². The van der Waals surface area contributed by atoms with Crippen LogP contribution in [0, 0.1) is 0 Å². The van der Waals surface area contributed by atoms with Crippen LogP contribution in [0.5, 0.6) is 23.0 Å². The average Bonchev–Trinajstić information content (AvgIpc) is 2.80. The van der Waals surface area contributed by atoms with Gasteiger partial charge in [0.1, 0.15) is 23.0 Å². The van der Waals surface area contributed by atoms with E-state index in [0.29, 0.717) is 17.7 Å². The van der Waals surface area contributed by atoms with Gasteiger partial charge in [0, 0.05) is 40.7 Å². The van der Waals surface area contributed by atoms with E-state index in [9.17, 15) is 15.3 Å². The van der Waals surface area contributed by atoms with Crippen LogP contribution in [0.4, 0.5) is 0 Å². The molecule has 32 heavy (non-hydrogen) atoms. The summed E-state index contributed by atoms with van der Waals surface area (Å²) in [6, 6.07) is 29.8. The monoisotopic (exact) mass is 424 g/mol. The van der Waals surface area contributed by atoms with E-state index in [2.05, 4.69) is 19.1 Å². The standard InChI is InChI=1S/C28H24O4/c1-27(19-8-4-2-5-9-19)18-28(20-10-6-3-7-11-20,23-14-12-21(29)16-25(23)31)32-26-17-22(30)13-15-24(26)27/h2-17,29-31H,18H2,1H3. The third-order valence-electron chi connectivity index (χ3n) is 6.51. The van der Waals surface area contributed by atoms with Crippen molar-refractivity contribution in [3.63, 3.8) is 0 Å². The summed E-state index contributed by atoms with van der Waals surface area (Å²) in [5.41, 5.74) is 1.96. The number of rotatable bonds is 3. The van der Waals surface area contributed by atoms with Crippen LogP contribution in [0.1, 0.15) is 35.6 Å². The number of phenols is 3. The van der Waals surface area contributed by atoms with Crippen molar-refractivity contribution in [2.75, 3.05) is 0 Å². The van der Waals surface area contributed by atoms with Gasteiger partial charge >= 0.3 is 0 Å². The molecule has 0 saturated carbocycles. The molecule has 0 amide bonds. The second-order valence-electron chi connectivity index (χ2n) is 8.55. The Labute approximate surface area is 187 Å². The highest BCUT2D eigenvalue weighted by atomic mass is 16.5. The van der Waals surface area contributed by atoms with Gasteiger partial charge in [0.05, 0.1) is 0 Å². The second kappa shape index (κ2) is 7.34. The molecule has 4 heteroatoms. The smallest absolute Gasteiger partial charge is 0.164 e. The normalized spacial score (nSPS) is 22.0. The topological polar surface area (TPSA) is 69.9 Å². The average molecular weight is 424 g/mol. The van der Waals surface area contributed by atoms with Gasteiger partial charge in [-0.05, 0) is 23.8 Å². The quantitative estimate of drug-likeness (QED) is 0.387. The van der Waals surface area contributed by atoms with Crippen LogP contribution in [0.25, 0.3) is 0 Å². The first-order valence-corrected chi connectivity index (χ1v) is 10.6. The zero-order valence-electron chi connectivity index (χ0n) is 17.7. The summed E-state index contributed by atoms with van der Waals surface area (Å²) in [7, 11) is 0. The fraction of sp³-hybridized carbons (Fsp3) is 0.143. The molecule has 0 fully saturated rings. The minimum Gasteiger partial charge on any atom is -0.508 e. The summed E-state index contributed by atoms with van der Waals surface area (Å²) in [6.45, 7) is 2.16. The maximum absolute atomic E-state index is 10.9. The number of aromatic hydroxyl groups is 3. The summed E-state index contributed by atoms with van der Waals surface area (Å²) >= 11 is 0. The summed E-state index contributed by atoms with van der Waals surface area (Å²) in [6.07, 6.45) is 0.504. The Hall–Kier alpha value is -3.92. The Morgan fingerprint density at radius 1 is 0.656 bits per heavy atom. The van der Waals surface area contributed by atoms with E-state index in [1.54, 1.807) is 24.3 Å². The van der Waals surface area contributed by atoms with Crippen LogP contribution in [0.2, 0.25) is 0 Å². The van der Waals surface area contributed by atoms with Crippen LogP contribution < -0.4 is 4.74 Å². The van der Waals surface area contributed by atoms with Crippen molar-refractivity contribution >= 4 is 0 Å². The highest BCUT2D eigenvalue weighted by Crippen LogP contribution is 2.56. The summed E-state index contributed by atoms with van der Waals surface area (Å²) in [4.78, 5) is 0. The van der Waals surface area contributed by atoms with Crippen LogP contribution in [0.15, 0.2) is 97.1 Å². The van der Waals surface area contributed by atoms with E-state index in [0.717, 1.165) is 16.7 Å². The van der Waals surface area contributed by atoms with Crippen LogP contribution in [-0.2, 0) is 11.0 Å². The molecule has 0 spiro atoms. The molecule has 4 aromatic rings. The molecule has 0 saturated heterocycles. The van der Waals surface area contributed by atoms with Gasteiger partial charge in [0.2, 0.25) is 0 Å². The molecule has 3 N–H and O–H groups in total. The van der Waals surface area contributed by atoms with E-state index in [1.165, 1.54) is 6.07 Å². The highest BCUT2D eigenvalue weighted by molar-refractivity contribution is 5.57. The molecule has 4 nitrogen and oxygen atoms in total. The van der Waals surface area contributed by atoms with E-state index in [4.69, 9.17) is 4.74 Å². The Bertz CT molecular complexity index is 1270. The number of hydrogen-bond donors (Lipinski definition) is 3. The molecular weight excluding hydrogens is 400 g/mol. The van der Waals surface area contributed by atoms with Crippen molar-refractivity contribution in [1.29, 1.82) is 0 Å². The molecule has 1 heterocycles. The maximum atomic E-state index is 10.9. The molecule has 2 unspecified atom stereocenters. The molecule has 2 atom stereocenters. The zero-order valence-corrected chi connectivity index (χ0v) is 17.7. The molecule has 0 bridgehead atoms. The second-order valence-corrected chi connectivity index (χ2v) is 8.55. The van der Waals surface area contributed by atoms with Crippen molar-refractivity contribution in [3.8, 4) is 23.0 Å². The lowest BCUT2D eigenvalue weighted by Gasteiger charge is -2.48. The lowest BCUT2D eigenvalue weighted by atomic mass is 9.64. The Morgan fingerprint density at radius 2 is 1.22 bits per heavy atom. The first-order valence-electron chi connectivity index (χ1n) is 10.6. The van der Waals surface area contributed by atoms with Crippen molar-refractivity contribution in [1.82, 2.24) is 0 Å². The maximum Gasteiger partial charge on any atom is 0.164 e. The van der Waals surface area contributed by atoms with Crippen molar-refractivity contribution < 1.29 is 20.1 Å². The van der Waals surface area contributed by atoms with Gasteiger partial charge in [-0.25, -0.2) is 0 Å². The Balaban J connectivity index is 1.84. The lowest BCUT2D eigenvalue weighted by Crippen LogP contribution is -2.46. The van der Waals surface area contributed by atoms with Gasteiger partial charge in [-0.15, -0.1) is 0 Å². The van der Waals surface area contributed by atoms with Gasteiger partial charge in [-0.2, -0.15) is 0 Å². The fourth-order valence-corrected chi connectivity index (χ4v) is 4.97. The summed E-state index contributed by atoms with van der Waals surface area (Å²) in [5, 5.41) is 31.1. The van der Waals surface area contributed by atoms with Gasteiger partial charge in [-0.3, -0.25) is 0 Å². The van der Waals surface area contributed by atoms with Crippen LogP contribution in [-0.4, -0.2) is 15.3 Å². The molecular formula is C28H24O4. The van der Waals surface area contributed by atoms with Crippen LogP contribution >= 0.6 is 0 Å². The van der Waals surface area contributed by atoms with E-state index in [-0.39, 0.29) is 17.2 Å². The molecule has 4 aromatic carbocycles. The molecule has 160 valence electrons. The summed E-state index contributed by atoms with van der Waals surface area (Å²) < 4.78 is 6.71. The van der Waals surface area contributed by atoms with E-state index in [1.807, 2.05) is 54.6 Å². The number of ether oxygens (including phenoxy) is 1. The van der Waals surface area contributed by atoms with Crippen molar-refractivity contribution in [3.05, 3.63) is 119 Å².